The van der Waals surface area contributed by atoms with Crippen LogP contribution >= 0.6 is 23.2 Å². The van der Waals surface area contributed by atoms with Crippen LogP contribution in [0.25, 0.3) is 0 Å². The van der Waals surface area contributed by atoms with Crippen molar-refractivity contribution in [3.05, 3.63) is 58.1 Å². The molecule has 6 heteroatoms. The Kier molecular flexibility index (Phi) is 16.0. The van der Waals surface area contributed by atoms with E-state index in [0.717, 1.165) is 0 Å². The van der Waals surface area contributed by atoms with E-state index in [0.29, 0.717) is 27.0 Å². The second kappa shape index (κ2) is 17.5. The number of carboxylic acids is 1. The summed E-state index contributed by atoms with van der Waals surface area (Å²) in [5, 5.41) is 12.9. The van der Waals surface area contributed by atoms with E-state index in [1.807, 2.05) is 6.07 Å². The summed E-state index contributed by atoms with van der Waals surface area (Å²) < 4.78 is 5.04. The SMILES string of the molecule is CCC[CH2][Sn]([CH2]CCC)[CH2]CCC.O=C(O)Cc1ccccc1Nc1c(Cl)cccc1Cl. The van der Waals surface area contributed by atoms with E-state index in [1.165, 1.54) is 38.5 Å². The molecule has 2 aromatic carbocycles. The maximum absolute atomic E-state index is 10.8. The summed E-state index contributed by atoms with van der Waals surface area (Å²) in [6.45, 7) is 7.00. The Bertz CT molecular complexity index is 762. The molecule has 32 heavy (non-hydrogen) atoms. The molecule has 0 heterocycles. The van der Waals surface area contributed by atoms with Gasteiger partial charge in [0.05, 0.1) is 22.2 Å². The number of anilines is 2. The van der Waals surface area contributed by atoms with Gasteiger partial charge in [-0.05, 0) is 23.8 Å². The van der Waals surface area contributed by atoms with Gasteiger partial charge in [-0.25, -0.2) is 0 Å². The van der Waals surface area contributed by atoms with E-state index in [9.17, 15) is 4.79 Å². The summed E-state index contributed by atoms with van der Waals surface area (Å²) in [6, 6.07) is 12.3. The van der Waals surface area contributed by atoms with E-state index in [2.05, 4.69) is 26.1 Å². The standard InChI is InChI=1S/C14H11Cl2NO2.3C4H9.Sn/c15-10-5-3-6-11(16)14(10)17-12-7-2-1-4-9(12)8-13(18)19;3*1-3-4-2;/h1-7,17H,8H2,(H,18,19);3*1,3-4H2,2H3;. The fourth-order valence-corrected chi connectivity index (χ4v) is 13.3. The molecule has 0 amide bonds. The molecule has 0 aliphatic rings. The predicted octanol–water partition coefficient (Wildman–Crippen LogP) is 9.25. The van der Waals surface area contributed by atoms with Crippen LogP contribution in [0, 0.1) is 0 Å². The van der Waals surface area contributed by atoms with E-state index in [1.54, 1.807) is 49.7 Å². The van der Waals surface area contributed by atoms with Crippen molar-refractivity contribution in [2.24, 2.45) is 0 Å². The number of carbonyl (C=O) groups is 1. The molecule has 0 aliphatic carbocycles. The van der Waals surface area contributed by atoms with E-state index in [-0.39, 0.29) is 6.42 Å². The molecule has 0 aromatic heterocycles. The molecule has 2 N–H and O–H groups in total. The zero-order valence-electron chi connectivity index (χ0n) is 19.7. The van der Waals surface area contributed by atoms with E-state index in [4.69, 9.17) is 28.3 Å². The van der Waals surface area contributed by atoms with Crippen LogP contribution in [0.3, 0.4) is 0 Å². The van der Waals surface area contributed by atoms with Crippen LogP contribution < -0.4 is 5.32 Å². The van der Waals surface area contributed by atoms with Crippen LogP contribution in [-0.4, -0.2) is 30.8 Å². The molecule has 0 unspecified atom stereocenters. The van der Waals surface area contributed by atoms with Crippen molar-refractivity contribution in [1.82, 2.24) is 0 Å². The third-order valence-electron chi connectivity index (χ3n) is 5.23. The van der Waals surface area contributed by atoms with Gasteiger partial charge in [0.2, 0.25) is 0 Å². The van der Waals surface area contributed by atoms with Crippen molar-refractivity contribution in [2.75, 3.05) is 5.32 Å². The molecule has 2 rings (SSSR count). The van der Waals surface area contributed by atoms with Gasteiger partial charge < -0.3 is 10.4 Å². The van der Waals surface area contributed by atoms with Gasteiger partial charge in [0.15, 0.2) is 0 Å². The smallest absolute Gasteiger partial charge is 0.307 e. The minimum Gasteiger partial charge on any atom is -0.481 e. The van der Waals surface area contributed by atoms with Gasteiger partial charge in [-0.2, -0.15) is 0 Å². The minimum atomic E-state index is -0.889. The number of nitrogens with one attached hydrogen (secondary N) is 1. The van der Waals surface area contributed by atoms with Crippen molar-refractivity contribution in [3.63, 3.8) is 0 Å². The molecule has 0 spiro atoms. The van der Waals surface area contributed by atoms with Gasteiger partial charge in [-0.3, -0.25) is 4.79 Å². The Labute approximate surface area is 211 Å². The maximum atomic E-state index is 10.8. The Morgan fingerprint density at radius 2 is 1.34 bits per heavy atom. The van der Waals surface area contributed by atoms with Crippen LogP contribution in [0.5, 0.6) is 0 Å². The zero-order chi connectivity index (χ0) is 23.8. The van der Waals surface area contributed by atoms with E-state index < -0.39 is 25.7 Å². The van der Waals surface area contributed by atoms with Crippen molar-refractivity contribution in [1.29, 1.82) is 0 Å². The molecule has 0 saturated carbocycles. The molecule has 0 atom stereocenters. The Morgan fingerprint density at radius 3 is 1.81 bits per heavy atom. The average Bonchev–Trinajstić information content (AvgIpc) is 2.77. The number of benzene rings is 2. The van der Waals surface area contributed by atoms with Crippen LogP contribution in [0.4, 0.5) is 11.4 Å². The summed E-state index contributed by atoms with van der Waals surface area (Å²) in [5.74, 6) is -0.889. The van der Waals surface area contributed by atoms with Crippen molar-refractivity contribution in [2.45, 2.75) is 79.0 Å². The first-order valence-corrected chi connectivity index (χ1v) is 18.6. The quantitative estimate of drug-likeness (QED) is 0.230. The Balaban J connectivity index is 0.000000347. The van der Waals surface area contributed by atoms with Crippen LogP contribution in [0.1, 0.15) is 64.9 Å². The second-order valence-corrected chi connectivity index (χ2v) is 17.4. The van der Waals surface area contributed by atoms with Gasteiger partial charge in [0, 0.05) is 5.69 Å². The van der Waals surface area contributed by atoms with Crippen LogP contribution in [0.2, 0.25) is 23.4 Å². The molecule has 0 saturated heterocycles. The van der Waals surface area contributed by atoms with Gasteiger partial charge in [0.1, 0.15) is 0 Å². The van der Waals surface area contributed by atoms with Crippen molar-refractivity contribution in [3.8, 4) is 0 Å². The molecule has 0 fully saturated rings. The first kappa shape index (κ1) is 29.1. The molecular formula is C26H38Cl2NO2Sn. The summed E-state index contributed by atoms with van der Waals surface area (Å²) >= 11 is 11.3. The normalized spacial score (nSPS) is 10.6. The van der Waals surface area contributed by atoms with Gasteiger partial charge in [0.25, 0.3) is 0 Å². The van der Waals surface area contributed by atoms with Crippen molar-refractivity contribution < 1.29 is 9.90 Å². The van der Waals surface area contributed by atoms with Crippen LogP contribution in [0.15, 0.2) is 42.5 Å². The van der Waals surface area contributed by atoms with E-state index >= 15 is 0 Å². The monoisotopic (exact) mass is 586 g/mol. The van der Waals surface area contributed by atoms with Crippen molar-refractivity contribution >= 4 is 60.3 Å². The number of unbranched alkanes of at least 4 members (excludes halogenated alkanes) is 3. The largest absolute Gasteiger partial charge is 0.481 e. The molecule has 0 bridgehead atoms. The average molecular weight is 586 g/mol. The summed E-state index contributed by atoms with van der Waals surface area (Å²) in [5.41, 5.74) is 1.93. The summed E-state index contributed by atoms with van der Waals surface area (Å²) in [4.78, 5) is 10.8. The number of hydrogen-bond donors (Lipinski definition) is 2. The fraction of sp³-hybridized carbons (Fsp3) is 0.500. The number of carboxylic acid groups (broad SMARTS) is 1. The Morgan fingerprint density at radius 1 is 0.844 bits per heavy atom. The van der Waals surface area contributed by atoms with Gasteiger partial charge >= 0.3 is 98.3 Å². The third kappa shape index (κ3) is 11.8. The van der Waals surface area contributed by atoms with Gasteiger partial charge in [-0.15, -0.1) is 0 Å². The fourth-order valence-electron chi connectivity index (χ4n) is 3.37. The zero-order valence-corrected chi connectivity index (χ0v) is 24.1. The second-order valence-electron chi connectivity index (χ2n) is 8.01. The first-order valence-electron chi connectivity index (χ1n) is 11.8. The minimum absolute atomic E-state index is 0.0642. The number of rotatable bonds is 13. The molecule has 2 aromatic rings. The van der Waals surface area contributed by atoms with Gasteiger partial charge in [-0.1, -0.05) is 47.5 Å². The first-order chi connectivity index (χ1) is 15.4. The molecule has 3 nitrogen and oxygen atoms in total. The summed E-state index contributed by atoms with van der Waals surface area (Å²) in [7, 11) is 0. The number of aliphatic carboxylic acids is 1. The maximum Gasteiger partial charge on any atom is 0.307 e. The number of halogens is 2. The predicted molar refractivity (Wildman–Crippen MR) is 142 cm³/mol. The third-order valence-corrected chi connectivity index (χ3v) is 14.9. The number of para-hydroxylation sites is 2. The molecule has 0 aliphatic heterocycles. The van der Waals surface area contributed by atoms with Crippen LogP contribution in [-0.2, 0) is 11.2 Å². The number of hydrogen-bond acceptors (Lipinski definition) is 2. The molecular weight excluding hydrogens is 548 g/mol. The molecule has 1 radical (unpaired) electrons. The summed E-state index contributed by atoms with van der Waals surface area (Å²) in [6.07, 6.45) is 8.78. The topological polar surface area (TPSA) is 49.3 Å². The Hall–Kier alpha value is -0.911. The molecule has 177 valence electrons.